The van der Waals surface area contributed by atoms with Crippen LogP contribution in [0.15, 0.2) is 48.5 Å². The van der Waals surface area contributed by atoms with Gasteiger partial charge in [-0.25, -0.2) is 0 Å². The summed E-state index contributed by atoms with van der Waals surface area (Å²) in [5, 5.41) is 2.77. The molecule has 0 aliphatic rings. The number of carbonyl (C=O) groups is 1. The monoisotopic (exact) mass is 357 g/mol. The maximum Gasteiger partial charge on any atom is 0.258 e. The molecule has 0 saturated heterocycles. The van der Waals surface area contributed by atoms with E-state index >= 15 is 0 Å². The number of ether oxygens (including phenoxy) is 3. The van der Waals surface area contributed by atoms with Crippen molar-refractivity contribution in [2.75, 3.05) is 26.9 Å². The van der Waals surface area contributed by atoms with E-state index in [4.69, 9.17) is 14.2 Å². The van der Waals surface area contributed by atoms with Crippen molar-refractivity contribution in [1.82, 2.24) is 5.32 Å². The van der Waals surface area contributed by atoms with E-state index in [2.05, 4.69) is 38.2 Å². The van der Waals surface area contributed by atoms with Gasteiger partial charge < -0.3 is 19.5 Å². The fourth-order valence-corrected chi connectivity index (χ4v) is 2.28. The molecule has 5 heteroatoms. The highest BCUT2D eigenvalue weighted by atomic mass is 16.5. The van der Waals surface area contributed by atoms with Crippen LogP contribution >= 0.6 is 0 Å². The van der Waals surface area contributed by atoms with Crippen LogP contribution in [0.25, 0.3) is 0 Å². The Morgan fingerprint density at radius 2 is 1.42 bits per heavy atom. The Morgan fingerprint density at radius 3 is 2.00 bits per heavy atom. The summed E-state index contributed by atoms with van der Waals surface area (Å²) in [7, 11) is 1.60. The fraction of sp³-hybridized carbons (Fsp3) is 0.381. The minimum atomic E-state index is -0.188. The van der Waals surface area contributed by atoms with Crippen molar-refractivity contribution < 1.29 is 19.0 Å². The van der Waals surface area contributed by atoms with Crippen LogP contribution in [0, 0.1) is 0 Å². The smallest absolute Gasteiger partial charge is 0.258 e. The molecule has 0 bridgehead atoms. The Balaban J connectivity index is 1.65. The molecule has 0 aliphatic carbocycles. The topological polar surface area (TPSA) is 56.8 Å². The zero-order valence-corrected chi connectivity index (χ0v) is 15.9. The lowest BCUT2D eigenvalue weighted by molar-refractivity contribution is -0.123. The number of nitrogens with one attached hydrogen (secondary N) is 1. The van der Waals surface area contributed by atoms with Gasteiger partial charge in [0.25, 0.3) is 5.91 Å². The van der Waals surface area contributed by atoms with Gasteiger partial charge in [-0.1, -0.05) is 32.9 Å². The summed E-state index contributed by atoms with van der Waals surface area (Å²) in [4.78, 5) is 11.8. The number of hydrogen-bond donors (Lipinski definition) is 1. The molecule has 26 heavy (non-hydrogen) atoms. The van der Waals surface area contributed by atoms with E-state index in [1.165, 1.54) is 5.56 Å². The molecular weight excluding hydrogens is 330 g/mol. The Hall–Kier alpha value is -2.69. The highest BCUT2D eigenvalue weighted by molar-refractivity contribution is 5.77. The molecule has 0 fully saturated rings. The number of rotatable bonds is 8. The first-order valence-corrected chi connectivity index (χ1v) is 8.65. The van der Waals surface area contributed by atoms with Crippen LogP contribution in [0.4, 0.5) is 0 Å². The maximum atomic E-state index is 11.8. The van der Waals surface area contributed by atoms with Gasteiger partial charge in [-0.3, -0.25) is 4.79 Å². The van der Waals surface area contributed by atoms with Crippen LogP contribution < -0.4 is 19.5 Å². The van der Waals surface area contributed by atoms with Crippen molar-refractivity contribution in [3.05, 3.63) is 54.1 Å². The van der Waals surface area contributed by atoms with Crippen molar-refractivity contribution in [3.8, 4) is 17.2 Å². The molecule has 2 rings (SSSR count). The summed E-state index contributed by atoms with van der Waals surface area (Å²) < 4.78 is 16.1. The Morgan fingerprint density at radius 1 is 0.885 bits per heavy atom. The van der Waals surface area contributed by atoms with Crippen LogP contribution in [-0.2, 0) is 10.2 Å². The SMILES string of the molecule is COc1ccc(OCC(=O)NCCOc2ccc(C(C)(C)C)cc2)cc1. The molecule has 0 aliphatic heterocycles. The lowest BCUT2D eigenvalue weighted by Gasteiger charge is -2.19. The molecule has 1 amide bonds. The molecule has 2 aromatic rings. The molecule has 0 saturated carbocycles. The molecule has 0 radical (unpaired) electrons. The van der Waals surface area contributed by atoms with Gasteiger partial charge in [-0.05, 0) is 47.4 Å². The molecule has 5 nitrogen and oxygen atoms in total. The van der Waals surface area contributed by atoms with Crippen LogP contribution in [-0.4, -0.2) is 32.8 Å². The van der Waals surface area contributed by atoms with Gasteiger partial charge in [-0.15, -0.1) is 0 Å². The molecule has 140 valence electrons. The number of hydrogen-bond acceptors (Lipinski definition) is 4. The third-order valence-corrected chi connectivity index (χ3v) is 3.84. The van der Waals surface area contributed by atoms with E-state index in [9.17, 15) is 4.79 Å². The number of methoxy groups -OCH3 is 1. The number of carbonyl (C=O) groups excluding carboxylic acids is 1. The molecule has 0 spiro atoms. The quantitative estimate of drug-likeness (QED) is 0.734. The average molecular weight is 357 g/mol. The highest BCUT2D eigenvalue weighted by Crippen LogP contribution is 2.24. The average Bonchev–Trinajstić information content (AvgIpc) is 2.63. The Labute approximate surface area is 155 Å². The minimum absolute atomic E-state index is 0.0351. The first-order valence-electron chi connectivity index (χ1n) is 8.65. The fourth-order valence-electron chi connectivity index (χ4n) is 2.28. The zero-order valence-electron chi connectivity index (χ0n) is 15.9. The van der Waals surface area contributed by atoms with E-state index in [0.717, 1.165) is 11.5 Å². The van der Waals surface area contributed by atoms with Gasteiger partial charge >= 0.3 is 0 Å². The molecule has 0 unspecified atom stereocenters. The standard InChI is InChI=1S/C21H27NO4/c1-21(2,3)16-5-7-18(8-6-16)25-14-13-22-20(23)15-26-19-11-9-17(24-4)10-12-19/h5-12H,13-15H2,1-4H3,(H,22,23). The second-order valence-corrected chi connectivity index (χ2v) is 6.94. The Kier molecular flexibility index (Phi) is 6.89. The van der Waals surface area contributed by atoms with Crippen molar-refractivity contribution in [2.45, 2.75) is 26.2 Å². The third kappa shape index (κ3) is 6.31. The third-order valence-electron chi connectivity index (χ3n) is 3.84. The first kappa shape index (κ1) is 19.6. The van der Waals surface area contributed by atoms with Gasteiger partial charge in [-0.2, -0.15) is 0 Å². The molecule has 1 N–H and O–H groups in total. The van der Waals surface area contributed by atoms with Gasteiger partial charge in [0.15, 0.2) is 6.61 Å². The predicted octanol–water partition coefficient (Wildman–Crippen LogP) is 3.57. The van der Waals surface area contributed by atoms with E-state index in [1.54, 1.807) is 31.4 Å². The molecule has 0 heterocycles. The predicted molar refractivity (Wildman–Crippen MR) is 102 cm³/mol. The van der Waals surface area contributed by atoms with E-state index in [-0.39, 0.29) is 17.9 Å². The Bertz CT molecular complexity index is 687. The van der Waals surface area contributed by atoms with E-state index in [1.807, 2.05) is 12.1 Å². The van der Waals surface area contributed by atoms with Gasteiger partial charge in [0, 0.05) is 0 Å². The van der Waals surface area contributed by atoms with E-state index < -0.39 is 0 Å². The highest BCUT2D eigenvalue weighted by Gasteiger charge is 2.12. The van der Waals surface area contributed by atoms with Crippen LogP contribution in [0.3, 0.4) is 0 Å². The van der Waals surface area contributed by atoms with Crippen LogP contribution in [0.5, 0.6) is 17.2 Å². The zero-order chi connectivity index (χ0) is 19.0. The molecule has 2 aromatic carbocycles. The lowest BCUT2D eigenvalue weighted by Crippen LogP contribution is -2.32. The van der Waals surface area contributed by atoms with Crippen molar-refractivity contribution in [3.63, 3.8) is 0 Å². The van der Waals surface area contributed by atoms with Gasteiger partial charge in [0.2, 0.25) is 0 Å². The molecule has 0 atom stereocenters. The van der Waals surface area contributed by atoms with Crippen LogP contribution in [0.2, 0.25) is 0 Å². The first-order chi connectivity index (χ1) is 12.4. The summed E-state index contributed by atoms with van der Waals surface area (Å²) in [6.07, 6.45) is 0. The van der Waals surface area contributed by atoms with Gasteiger partial charge in [0.1, 0.15) is 23.9 Å². The summed E-state index contributed by atoms with van der Waals surface area (Å²) in [6, 6.07) is 15.1. The maximum absolute atomic E-state index is 11.8. The van der Waals surface area contributed by atoms with Crippen molar-refractivity contribution in [2.24, 2.45) is 0 Å². The minimum Gasteiger partial charge on any atom is -0.497 e. The van der Waals surface area contributed by atoms with E-state index in [0.29, 0.717) is 18.9 Å². The number of amides is 1. The molecular formula is C21H27NO4. The second kappa shape index (κ2) is 9.13. The summed E-state index contributed by atoms with van der Waals surface area (Å²) in [5.74, 6) is 1.97. The number of benzene rings is 2. The lowest BCUT2D eigenvalue weighted by atomic mass is 9.87. The van der Waals surface area contributed by atoms with Gasteiger partial charge in [0.05, 0.1) is 13.7 Å². The second-order valence-electron chi connectivity index (χ2n) is 6.94. The molecule has 0 aromatic heterocycles. The summed E-state index contributed by atoms with van der Waals surface area (Å²) in [6.45, 7) is 7.31. The van der Waals surface area contributed by atoms with Crippen molar-refractivity contribution in [1.29, 1.82) is 0 Å². The van der Waals surface area contributed by atoms with Crippen molar-refractivity contribution >= 4 is 5.91 Å². The van der Waals surface area contributed by atoms with Crippen LogP contribution in [0.1, 0.15) is 26.3 Å². The summed E-state index contributed by atoms with van der Waals surface area (Å²) in [5.41, 5.74) is 1.38. The largest absolute Gasteiger partial charge is 0.497 e. The normalized spacial score (nSPS) is 10.9. The summed E-state index contributed by atoms with van der Waals surface area (Å²) >= 11 is 0.